The molecule has 3 aromatic rings. The second-order valence-corrected chi connectivity index (χ2v) is 7.98. The molecule has 1 N–H and O–H groups in total. The number of benzene rings is 2. The van der Waals surface area contributed by atoms with E-state index in [1.54, 1.807) is 11.6 Å². The van der Waals surface area contributed by atoms with Crippen molar-refractivity contribution in [1.29, 1.82) is 0 Å². The predicted molar refractivity (Wildman–Crippen MR) is 117 cm³/mol. The summed E-state index contributed by atoms with van der Waals surface area (Å²) in [5.74, 6) is 0.576. The van der Waals surface area contributed by atoms with Gasteiger partial charge in [0.1, 0.15) is 5.75 Å². The maximum atomic E-state index is 13.1. The van der Waals surface area contributed by atoms with E-state index in [0.717, 1.165) is 24.2 Å². The Kier molecular flexibility index (Phi) is 7.44. The van der Waals surface area contributed by atoms with Crippen LogP contribution in [0.3, 0.4) is 0 Å². The number of hydrogen-bond donors (Lipinski definition) is 1. The molecular formula is C22H23F3N4O2S. The fourth-order valence-corrected chi connectivity index (χ4v) is 3.74. The molecule has 1 unspecified atom stereocenters. The third kappa shape index (κ3) is 5.82. The molecule has 1 atom stereocenters. The van der Waals surface area contributed by atoms with Gasteiger partial charge in [0.05, 0.1) is 17.0 Å². The number of ether oxygens (including phenoxy) is 1. The minimum absolute atomic E-state index is 0.119. The van der Waals surface area contributed by atoms with E-state index in [9.17, 15) is 18.0 Å². The zero-order valence-corrected chi connectivity index (χ0v) is 18.6. The van der Waals surface area contributed by atoms with E-state index in [1.165, 1.54) is 23.8 Å². The summed E-state index contributed by atoms with van der Waals surface area (Å²) in [4.78, 5) is 12.2. The highest BCUT2D eigenvalue weighted by molar-refractivity contribution is 7.99. The van der Waals surface area contributed by atoms with Crippen LogP contribution in [0.5, 0.6) is 5.75 Å². The molecule has 0 radical (unpaired) electrons. The first-order valence-electron chi connectivity index (χ1n) is 9.92. The van der Waals surface area contributed by atoms with Crippen LogP contribution in [-0.2, 0) is 24.4 Å². The smallest absolute Gasteiger partial charge is 0.418 e. The van der Waals surface area contributed by atoms with E-state index in [4.69, 9.17) is 4.74 Å². The topological polar surface area (TPSA) is 69.0 Å². The van der Waals surface area contributed by atoms with Crippen molar-refractivity contribution in [1.82, 2.24) is 14.8 Å². The van der Waals surface area contributed by atoms with E-state index in [1.807, 2.05) is 31.2 Å². The predicted octanol–water partition coefficient (Wildman–Crippen LogP) is 5.27. The number of aromatic nitrogens is 3. The first-order chi connectivity index (χ1) is 15.2. The summed E-state index contributed by atoms with van der Waals surface area (Å²) in [5.41, 5.74) is 0.0380. The molecule has 0 aliphatic carbocycles. The van der Waals surface area contributed by atoms with Gasteiger partial charge in [0.15, 0.2) is 17.1 Å². The third-order valence-electron chi connectivity index (χ3n) is 4.72. The Morgan fingerprint density at radius 2 is 1.84 bits per heavy atom. The number of para-hydroxylation sites is 1. The molecule has 0 saturated heterocycles. The Bertz CT molecular complexity index is 1070. The van der Waals surface area contributed by atoms with Crippen molar-refractivity contribution >= 4 is 23.4 Å². The molecule has 2 aromatic carbocycles. The van der Waals surface area contributed by atoms with E-state index in [0.29, 0.717) is 16.7 Å². The largest absolute Gasteiger partial charge is 0.483 e. The van der Waals surface area contributed by atoms with Crippen LogP contribution in [0.4, 0.5) is 18.9 Å². The normalized spacial score (nSPS) is 12.4. The summed E-state index contributed by atoms with van der Waals surface area (Å²) in [6.07, 6.45) is -4.00. The van der Waals surface area contributed by atoms with Crippen molar-refractivity contribution in [2.24, 2.45) is 7.05 Å². The van der Waals surface area contributed by atoms with Gasteiger partial charge in [-0.15, -0.1) is 10.2 Å². The molecule has 170 valence electrons. The summed E-state index contributed by atoms with van der Waals surface area (Å²) in [6.45, 7) is 3.92. The Balaban J connectivity index is 1.60. The van der Waals surface area contributed by atoms with Gasteiger partial charge >= 0.3 is 6.18 Å². The molecule has 1 aromatic heterocycles. The molecule has 0 fully saturated rings. The van der Waals surface area contributed by atoms with Crippen LogP contribution in [0.15, 0.2) is 53.7 Å². The van der Waals surface area contributed by atoms with Crippen LogP contribution in [0.1, 0.15) is 36.9 Å². The molecule has 10 heteroatoms. The lowest BCUT2D eigenvalue weighted by molar-refractivity contribution is -0.137. The maximum absolute atomic E-state index is 13.1. The van der Waals surface area contributed by atoms with Crippen LogP contribution in [-0.4, -0.2) is 26.4 Å². The first-order valence-corrected chi connectivity index (χ1v) is 10.9. The van der Waals surface area contributed by atoms with Gasteiger partial charge in [-0.25, -0.2) is 0 Å². The second-order valence-electron chi connectivity index (χ2n) is 7.04. The summed E-state index contributed by atoms with van der Waals surface area (Å²) in [5, 5.41) is 11.0. The van der Waals surface area contributed by atoms with E-state index >= 15 is 0 Å². The Labute approximate surface area is 188 Å². The molecule has 0 bridgehead atoms. The number of nitrogens with zero attached hydrogens (tertiary/aromatic N) is 3. The van der Waals surface area contributed by atoms with Crippen LogP contribution in [0.25, 0.3) is 0 Å². The van der Waals surface area contributed by atoms with Crippen molar-refractivity contribution in [3.05, 3.63) is 65.5 Å². The number of alkyl halides is 3. The molecule has 3 rings (SSSR count). The van der Waals surface area contributed by atoms with E-state index in [-0.39, 0.29) is 17.5 Å². The zero-order chi connectivity index (χ0) is 23.3. The van der Waals surface area contributed by atoms with Crippen molar-refractivity contribution < 1.29 is 22.7 Å². The molecule has 0 spiro atoms. The molecular weight excluding hydrogens is 441 g/mol. The van der Waals surface area contributed by atoms with E-state index in [2.05, 4.69) is 22.4 Å². The van der Waals surface area contributed by atoms with Gasteiger partial charge in [-0.05, 0) is 43.2 Å². The Morgan fingerprint density at radius 3 is 2.50 bits per heavy atom. The van der Waals surface area contributed by atoms with Crippen molar-refractivity contribution in [3.63, 3.8) is 0 Å². The van der Waals surface area contributed by atoms with Gasteiger partial charge in [0.25, 0.3) is 0 Å². The van der Waals surface area contributed by atoms with Crippen molar-refractivity contribution in [2.45, 2.75) is 37.7 Å². The van der Waals surface area contributed by atoms with Crippen LogP contribution in [0.2, 0.25) is 0 Å². The number of carbonyl (C=O) groups is 1. The SMILES string of the molecule is CCc1ccc(OC(C)c2nnc(SCC(=O)Nc3ccccc3C(F)(F)F)n2C)cc1. The fourth-order valence-electron chi connectivity index (χ4n) is 3.02. The molecule has 0 aliphatic rings. The van der Waals surface area contributed by atoms with Crippen molar-refractivity contribution in [3.8, 4) is 5.75 Å². The molecule has 0 aliphatic heterocycles. The second kappa shape index (κ2) is 10.1. The molecule has 1 heterocycles. The van der Waals surface area contributed by atoms with Crippen LogP contribution >= 0.6 is 11.8 Å². The molecule has 6 nitrogen and oxygen atoms in total. The molecule has 1 amide bonds. The summed E-state index contributed by atoms with van der Waals surface area (Å²) >= 11 is 1.08. The highest BCUT2D eigenvalue weighted by Crippen LogP contribution is 2.34. The number of amides is 1. The first kappa shape index (κ1) is 23.6. The number of rotatable bonds is 8. The monoisotopic (exact) mass is 464 g/mol. The van der Waals surface area contributed by atoms with Gasteiger partial charge < -0.3 is 14.6 Å². The standard InChI is InChI=1S/C22H23F3N4O2S/c1-4-15-9-11-16(12-10-15)31-14(2)20-27-28-21(29(20)3)32-13-19(30)26-18-8-6-5-7-17(18)22(23,24)25/h5-12,14H,4,13H2,1-3H3,(H,26,30). The zero-order valence-electron chi connectivity index (χ0n) is 17.8. The summed E-state index contributed by atoms with van der Waals surface area (Å²) in [7, 11) is 1.74. The highest BCUT2D eigenvalue weighted by atomic mass is 32.2. The summed E-state index contributed by atoms with van der Waals surface area (Å²) < 4.78 is 46.9. The Hall–Kier alpha value is -3.01. The number of halogens is 3. The lowest BCUT2D eigenvalue weighted by Crippen LogP contribution is -2.18. The maximum Gasteiger partial charge on any atom is 0.418 e. The molecule has 0 saturated carbocycles. The van der Waals surface area contributed by atoms with Gasteiger partial charge in [0, 0.05) is 7.05 Å². The van der Waals surface area contributed by atoms with Crippen LogP contribution in [0, 0.1) is 0 Å². The number of nitrogens with one attached hydrogen (secondary N) is 1. The number of hydrogen-bond acceptors (Lipinski definition) is 5. The average molecular weight is 465 g/mol. The van der Waals surface area contributed by atoms with Gasteiger partial charge in [-0.1, -0.05) is 43.0 Å². The lowest BCUT2D eigenvalue weighted by Gasteiger charge is -2.15. The Morgan fingerprint density at radius 1 is 1.16 bits per heavy atom. The minimum atomic E-state index is -4.55. The lowest BCUT2D eigenvalue weighted by atomic mass is 10.1. The third-order valence-corrected chi connectivity index (χ3v) is 5.74. The number of anilines is 1. The number of thioether (sulfide) groups is 1. The minimum Gasteiger partial charge on any atom is -0.483 e. The quantitative estimate of drug-likeness (QED) is 0.460. The average Bonchev–Trinajstić information content (AvgIpc) is 3.13. The number of aryl methyl sites for hydroxylation is 1. The van der Waals surface area contributed by atoms with Gasteiger partial charge in [-0.2, -0.15) is 13.2 Å². The van der Waals surface area contributed by atoms with Gasteiger partial charge in [0.2, 0.25) is 5.91 Å². The number of carbonyl (C=O) groups excluding carboxylic acids is 1. The van der Waals surface area contributed by atoms with Crippen LogP contribution < -0.4 is 10.1 Å². The fraction of sp³-hybridized carbons (Fsp3) is 0.318. The van der Waals surface area contributed by atoms with Gasteiger partial charge in [-0.3, -0.25) is 4.79 Å². The van der Waals surface area contributed by atoms with Crippen molar-refractivity contribution in [2.75, 3.05) is 11.1 Å². The van der Waals surface area contributed by atoms with E-state index < -0.39 is 17.6 Å². The molecule has 32 heavy (non-hydrogen) atoms. The highest BCUT2D eigenvalue weighted by Gasteiger charge is 2.33. The summed E-state index contributed by atoms with van der Waals surface area (Å²) in [6, 6.07) is 12.6.